The number of hydrogen-bond donors (Lipinski definition) is 0. The van der Waals surface area contributed by atoms with Crippen molar-refractivity contribution in [3.63, 3.8) is 0 Å². The largest absolute Gasteiger partial charge is 0.341 e. The first-order valence-corrected chi connectivity index (χ1v) is 9.60. The minimum Gasteiger partial charge on any atom is -0.341 e. The van der Waals surface area contributed by atoms with E-state index in [9.17, 15) is 9.59 Å². The summed E-state index contributed by atoms with van der Waals surface area (Å²) in [4.78, 5) is 28.6. The molecule has 1 aromatic carbocycles. The Hall–Kier alpha value is -1.49. The summed E-state index contributed by atoms with van der Waals surface area (Å²) < 4.78 is 0. The van der Waals surface area contributed by atoms with Crippen LogP contribution in [-0.4, -0.2) is 46.5 Å². The first-order valence-electron chi connectivity index (χ1n) is 8.66. The standard InChI is InChI=1S/C19H28N2O2S/c1-6-20(17(22)13(2)3)10-11-21-18(23)15(5)24-19(21)16-9-7-8-14(4)12-16/h7-9,12-13,15,19H,6,10-11H2,1-5H3. The number of amides is 2. The van der Waals surface area contributed by atoms with Gasteiger partial charge in [0, 0.05) is 25.6 Å². The topological polar surface area (TPSA) is 40.6 Å². The minimum absolute atomic E-state index is 0.0138. The van der Waals surface area contributed by atoms with E-state index in [1.165, 1.54) is 5.56 Å². The summed E-state index contributed by atoms with van der Waals surface area (Å²) in [5, 5.41) is 0.00615. The zero-order valence-electron chi connectivity index (χ0n) is 15.3. The summed E-state index contributed by atoms with van der Waals surface area (Å²) in [7, 11) is 0. The normalized spacial score (nSPS) is 20.8. The summed E-state index contributed by atoms with van der Waals surface area (Å²) in [5.41, 5.74) is 2.36. The van der Waals surface area contributed by atoms with Crippen LogP contribution in [0.1, 0.15) is 44.2 Å². The molecule has 2 rings (SSSR count). The molecule has 0 saturated carbocycles. The Morgan fingerprint density at radius 1 is 1.38 bits per heavy atom. The molecule has 0 radical (unpaired) electrons. The molecular formula is C19H28N2O2S. The molecule has 1 heterocycles. The van der Waals surface area contributed by atoms with Crippen LogP contribution in [0.25, 0.3) is 0 Å². The predicted molar refractivity (Wildman–Crippen MR) is 99.8 cm³/mol. The quantitative estimate of drug-likeness (QED) is 0.790. The fraction of sp³-hybridized carbons (Fsp3) is 0.579. The van der Waals surface area contributed by atoms with Crippen molar-refractivity contribution in [1.29, 1.82) is 0 Å². The van der Waals surface area contributed by atoms with Crippen molar-refractivity contribution in [2.75, 3.05) is 19.6 Å². The molecule has 0 spiro atoms. The molecule has 0 bridgehead atoms. The maximum atomic E-state index is 12.6. The summed E-state index contributed by atoms with van der Waals surface area (Å²) in [6.45, 7) is 11.7. The van der Waals surface area contributed by atoms with Crippen LogP contribution in [0.4, 0.5) is 0 Å². The number of carbonyl (C=O) groups is 2. The van der Waals surface area contributed by atoms with Gasteiger partial charge >= 0.3 is 0 Å². The van der Waals surface area contributed by atoms with E-state index in [4.69, 9.17) is 0 Å². The molecule has 24 heavy (non-hydrogen) atoms. The highest BCUT2D eigenvalue weighted by molar-refractivity contribution is 8.01. The van der Waals surface area contributed by atoms with E-state index >= 15 is 0 Å². The number of aryl methyl sites for hydroxylation is 1. The van der Waals surface area contributed by atoms with Crippen molar-refractivity contribution in [2.24, 2.45) is 5.92 Å². The van der Waals surface area contributed by atoms with E-state index in [1.54, 1.807) is 11.8 Å². The van der Waals surface area contributed by atoms with Crippen molar-refractivity contribution in [2.45, 2.75) is 45.2 Å². The molecule has 0 aromatic heterocycles. The Morgan fingerprint density at radius 2 is 2.08 bits per heavy atom. The Balaban J connectivity index is 2.13. The van der Waals surface area contributed by atoms with Crippen LogP contribution >= 0.6 is 11.8 Å². The molecule has 5 heteroatoms. The number of carbonyl (C=O) groups excluding carboxylic acids is 2. The van der Waals surface area contributed by atoms with Gasteiger partial charge in [0.25, 0.3) is 0 Å². The number of nitrogens with zero attached hydrogens (tertiary/aromatic N) is 2. The highest BCUT2D eigenvalue weighted by atomic mass is 32.2. The number of rotatable bonds is 6. The summed E-state index contributed by atoms with van der Waals surface area (Å²) in [5.74, 6) is 0.302. The monoisotopic (exact) mass is 348 g/mol. The first-order chi connectivity index (χ1) is 11.3. The van der Waals surface area contributed by atoms with E-state index in [1.807, 2.05) is 43.6 Å². The smallest absolute Gasteiger partial charge is 0.236 e. The average Bonchev–Trinajstić information content (AvgIpc) is 2.83. The molecular weight excluding hydrogens is 320 g/mol. The molecule has 2 amide bonds. The maximum absolute atomic E-state index is 12.6. The number of benzene rings is 1. The third-order valence-electron chi connectivity index (χ3n) is 4.37. The van der Waals surface area contributed by atoms with Crippen molar-refractivity contribution >= 4 is 23.6 Å². The van der Waals surface area contributed by atoms with E-state index in [0.717, 1.165) is 5.56 Å². The molecule has 4 nitrogen and oxygen atoms in total. The summed E-state index contributed by atoms with van der Waals surface area (Å²) in [6.07, 6.45) is 0. The van der Waals surface area contributed by atoms with Gasteiger partial charge in [0.1, 0.15) is 5.37 Å². The lowest BCUT2D eigenvalue weighted by molar-refractivity contribution is -0.136. The Kier molecular flexibility index (Phi) is 6.33. The van der Waals surface area contributed by atoms with Gasteiger partial charge in [-0.2, -0.15) is 0 Å². The van der Waals surface area contributed by atoms with Crippen LogP contribution in [-0.2, 0) is 9.59 Å². The first kappa shape index (κ1) is 18.8. The molecule has 1 fully saturated rings. The molecule has 1 saturated heterocycles. The zero-order valence-corrected chi connectivity index (χ0v) is 16.1. The molecule has 132 valence electrons. The average molecular weight is 349 g/mol. The highest BCUT2D eigenvalue weighted by Gasteiger charge is 2.38. The van der Waals surface area contributed by atoms with Gasteiger partial charge in [-0.1, -0.05) is 43.7 Å². The Morgan fingerprint density at radius 3 is 2.67 bits per heavy atom. The van der Waals surface area contributed by atoms with Crippen LogP contribution in [0.2, 0.25) is 0 Å². The molecule has 1 aromatic rings. The molecule has 0 N–H and O–H groups in total. The Bertz CT molecular complexity index is 603. The van der Waals surface area contributed by atoms with Crippen LogP contribution < -0.4 is 0 Å². The Labute approximate surface area is 149 Å². The second kappa shape index (κ2) is 8.06. The zero-order chi connectivity index (χ0) is 17.9. The van der Waals surface area contributed by atoms with Gasteiger partial charge in [0.15, 0.2) is 0 Å². The number of thioether (sulfide) groups is 1. The highest BCUT2D eigenvalue weighted by Crippen LogP contribution is 2.42. The van der Waals surface area contributed by atoms with E-state index in [2.05, 4.69) is 25.1 Å². The minimum atomic E-state index is -0.0358. The van der Waals surface area contributed by atoms with Gasteiger partial charge in [0.05, 0.1) is 5.25 Å². The third-order valence-corrected chi connectivity index (χ3v) is 5.77. The lowest BCUT2D eigenvalue weighted by Crippen LogP contribution is -2.42. The fourth-order valence-corrected chi connectivity index (χ4v) is 4.30. The third kappa shape index (κ3) is 4.12. The SMILES string of the molecule is CCN(CCN1C(=O)C(C)SC1c1cccc(C)c1)C(=O)C(C)C. The second-order valence-electron chi connectivity index (χ2n) is 6.65. The van der Waals surface area contributed by atoms with E-state index < -0.39 is 0 Å². The van der Waals surface area contributed by atoms with Gasteiger partial charge in [0.2, 0.25) is 11.8 Å². The van der Waals surface area contributed by atoms with E-state index in [-0.39, 0.29) is 28.4 Å². The molecule has 1 aliphatic rings. The van der Waals surface area contributed by atoms with Crippen molar-refractivity contribution in [1.82, 2.24) is 9.80 Å². The van der Waals surface area contributed by atoms with Gasteiger partial charge in [-0.05, 0) is 26.3 Å². The lowest BCUT2D eigenvalue weighted by atomic mass is 10.1. The van der Waals surface area contributed by atoms with Crippen molar-refractivity contribution in [3.8, 4) is 0 Å². The van der Waals surface area contributed by atoms with Gasteiger partial charge in [-0.3, -0.25) is 9.59 Å². The molecule has 1 aliphatic heterocycles. The van der Waals surface area contributed by atoms with Crippen LogP contribution in [0.5, 0.6) is 0 Å². The number of likely N-dealkylation sites (N-methyl/N-ethyl adjacent to an activating group) is 1. The van der Waals surface area contributed by atoms with Crippen molar-refractivity contribution in [3.05, 3.63) is 35.4 Å². The van der Waals surface area contributed by atoms with Gasteiger partial charge in [-0.25, -0.2) is 0 Å². The van der Waals surface area contributed by atoms with E-state index in [0.29, 0.717) is 19.6 Å². The maximum Gasteiger partial charge on any atom is 0.236 e. The predicted octanol–water partition coefficient (Wildman–Crippen LogP) is 3.46. The van der Waals surface area contributed by atoms with Gasteiger partial charge in [-0.15, -0.1) is 11.8 Å². The van der Waals surface area contributed by atoms with Crippen molar-refractivity contribution < 1.29 is 9.59 Å². The van der Waals surface area contributed by atoms with Crippen LogP contribution in [0.3, 0.4) is 0 Å². The summed E-state index contributed by atoms with van der Waals surface area (Å²) >= 11 is 1.69. The second-order valence-corrected chi connectivity index (χ2v) is 8.07. The molecule has 2 atom stereocenters. The molecule has 0 aliphatic carbocycles. The summed E-state index contributed by atoms with van der Waals surface area (Å²) in [6, 6.07) is 8.34. The van der Waals surface area contributed by atoms with Crippen LogP contribution in [0, 0.1) is 12.8 Å². The number of hydrogen-bond acceptors (Lipinski definition) is 3. The van der Waals surface area contributed by atoms with Gasteiger partial charge < -0.3 is 9.80 Å². The molecule has 2 unspecified atom stereocenters. The van der Waals surface area contributed by atoms with Crippen LogP contribution in [0.15, 0.2) is 24.3 Å². The lowest BCUT2D eigenvalue weighted by Gasteiger charge is -2.29. The fourth-order valence-electron chi connectivity index (χ4n) is 3.00.